The minimum Gasteiger partial charge on any atom is -0.270 e. The van der Waals surface area contributed by atoms with Crippen molar-refractivity contribution in [2.45, 2.75) is 13.1 Å². The van der Waals surface area contributed by atoms with Crippen LogP contribution < -0.4 is 0 Å². The normalized spacial score (nSPS) is 11.1. The topological polar surface area (TPSA) is 61.4 Å². The first-order valence-corrected chi connectivity index (χ1v) is 9.16. The van der Waals surface area contributed by atoms with Gasteiger partial charge in [0.15, 0.2) is 0 Å². The van der Waals surface area contributed by atoms with Crippen LogP contribution >= 0.6 is 0 Å². The second kappa shape index (κ2) is 7.08. The van der Waals surface area contributed by atoms with E-state index in [1.165, 1.54) is 5.39 Å². The third-order valence-electron chi connectivity index (χ3n) is 4.80. The second-order valence-electron chi connectivity index (χ2n) is 6.61. The number of nitrogens with zero attached hydrogens (tertiary/aromatic N) is 6. The van der Waals surface area contributed by atoms with Gasteiger partial charge in [-0.1, -0.05) is 42.5 Å². The first kappa shape index (κ1) is 16.4. The zero-order valence-electron chi connectivity index (χ0n) is 15.2. The fourth-order valence-corrected chi connectivity index (χ4v) is 3.39. The first-order chi connectivity index (χ1) is 13.9. The third kappa shape index (κ3) is 3.16. The molecule has 6 heteroatoms. The molecule has 28 heavy (non-hydrogen) atoms. The maximum atomic E-state index is 4.72. The largest absolute Gasteiger partial charge is 0.270 e. The number of benzene rings is 2. The first-order valence-electron chi connectivity index (χ1n) is 9.16. The summed E-state index contributed by atoms with van der Waals surface area (Å²) < 4.78 is 3.73. The molecule has 5 rings (SSSR count). The van der Waals surface area contributed by atoms with Crippen LogP contribution in [0.1, 0.15) is 0 Å². The molecular formula is C22H18N6. The van der Waals surface area contributed by atoms with Crippen molar-refractivity contribution in [2.75, 3.05) is 0 Å². The predicted octanol–water partition coefficient (Wildman–Crippen LogP) is 4.06. The molecule has 0 aliphatic carbocycles. The van der Waals surface area contributed by atoms with Crippen LogP contribution in [0, 0.1) is 0 Å². The van der Waals surface area contributed by atoms with E-state index in [1.807, 2.05) is 35.4 Å². The lowest BCUT2D eigenvalue weighted by molar-refractivity contribution is 0.500. The second-order valence-corrected chi connectivity index (χ2v) is 6.61. The van der Waals surface area contributed by atoms with Gasteiger partial charge in [0.2, 0.25) is 0 Å². The molecule has 0 bridgehead atoms. The average Bonchev–Trinajstić information content (AvgIpc) is 3.44. The lowest BCUT2D eigenvalue weighted by atomic mass is 9.99. The molecule has 5 aromatic rings. The van der Waals surface area contributed by atoms with E-state index in [9.17, 15) is 0 Å². The maximum absolute atomic E-state index is 4.72. The van der Waals surface area contributed by atoms with Crippen molar-refractivity contribution in [1.82, 2.24) is 29.5 Å². The van der Waals surface area contributed by atoms with Gasteiger partial charge in [0.25, 0.3) is 0 Å². The van der Waals surface area contributed by atoms with Gasteiger partial charge in [-0.3, -0.25) is 14.3 Å². The predicted molar refractivity (Wildman–Crippen MR) is 108 cm³/mol. The van der Waals surface area contributed by atoms with Crippen molar-refractivity contribution in [1.29, 1.82) is 0 Å². The highest BCUT2D eigenvalue weighted by Gasteiger charge is 2.08. The molecule has 0 aliphatic heterocycles. The Kier molecular flexibility index (Phi) is 4.14. The van der Waals surface area contributed by atoms with Crippen molar-refractivity contribution < 1.29 is 0 Å². The summed E-state index contributed by atoms with van der Waals surface area (Å²) in [5.74, 6) is 0. The minimum atomic E-state index is 0.739. The Hall–Kier alpha value is -3.80. The summed E-state index contributed by atoms with van der Waals surface area (Å²) in [6.07, 6.45) is 9.09. The van der Waals surface area contributed by atoms with E-state index in [1.54, 1.807) is 17.3 Å². The number of hydrogen-bond acceptors (Lipinski definition) is 4. The van der Waals surface area contributed by atoms with Gasteiger partial charge in [-0.05, 0) is 23.1 Å². The van der Waals surface area contributed by atoms with Crippen molar-refractivity contribution in [3.63, 3.8) is 0 Å². The lowest BCUT2D eigenvalue weighted by Gasteiger charge is -2.07. The Balaban J connectivity index is 1.44. The number of aryl methyl sites for hydroxylation is 2. The molecule has 0 saturated heterocycles. The zero-order chi connectivity index (χ0) is 18.8. The maximum Gasteiger partial charge on any atom is 0.137 e. The van der Waals surface area contributed by atoms with E-state index in [2.05, 4.69) is 57.5 Å². The highest BCUT2D eigenvalue weighted by molar-refractivity contribution is 5.96. The van der Waals surface area contributed by atoms with Gasteiger partial charge in [-0.15, -0.1) is 0 Å². The monoisotopic (exact) mass is 366 g/mol. The van der Waals surface area contributed by atoms with Crippen molar-refractivity contribution in [3.8, 4) is 22.4 Å². The Morgan fingerprint density at radius 3 is 2.61 bits per heavy atom. The van der Waals surface area contributed by atoms with Crippen LogP contribution in [0.15, 0.2) is 85.8 Å². The molecule has 0 spiro atoms. The fourth-order valence-electron chi connectivity index (χ4n) is 3.39. The van der Waals surface area contributed by atoms with E-state index in [-0.39, 0.29) is 0 Å². The molecule has 0 unspecified atom stereocenters. The van der Waals surface area contributed by atoms with Gasteiger partial charge >= 0.3 is 0 Å². The van der Waals surface area contributed by atoms with Crippen LogP contribution in [0.3, 0.4) is 0 Å². The molecule has 0 aliphatic rings. The summed E-state index contributed by atoms with van der Waals surface area (Å²) in [5.41, 5.74) is 4.31. The van der Waals surface area contributed by atoms with Gasteiger partial charge < -0.3 is 0 Å². The molecule has 0 fully saturated rings. The molecule has 3 heterocycles. The van der Waals surface area contributed by atoms with E-state index in [4.69, 9.17) is 5.10 Å². The summed E-state index contributed by atoms with van der Waals surface area (Å²) in [6, 6.07) is 18.8. The summed E-state index contributed by atoms with van der Waals surface area (Å²) in [7, 11) is 0. The molecule has 136 valence electrons. The molecule has 0 amide bonds. The quantitative estimate of drug-likeness (QED) is 0.471. The summed E-state index contributed by atoms with van der Waals surface area (Å²) in [5, 5.41) is 11.2. The molecule has 0 radical (unpaired) electrons. The van der Waals surface area contributed by atoms with E-state index < -0.39 is 0 Å². The Bertz CT molecular complexity index is 1220. The van der Waals surface area contributed by atoms with Gasteiger partial charge in [-0.25, -0.2) is 4.98 Å². The van der Waals surface area contributed by atoms with Crippen LogP contribution in [-0.4, -0.2) is 29.5 Å². The third-order valence-corrected chi connectivity index (χ3v) is 4.80. The fraction of sp³-hybridized carbons (Fsp3) is 0.0909. The highest BCUT2D eigenvalue weighted by atomic mass is 15.3. The van der Waals surface area contributed by atoms with Gasteiger partial charge in [-0.2, -0.15) is 10.2 Å². The molecule has 2 aromatic carbocycles. The van der Waals surface area contributed by atoms with Crippen LogP contribution in [0.5, 0.6) is 0 Å². The molecule has 6 nitrogen and oxygen atoms in total. The van der Waals surface area contributed by atoms with Gasteiger partial charge in [0.1, 0.15) is 12.7 Å². The molecule has 0 N–H and O–H groups in total. The average molecular weight is 366 g/mol. The molecule has 0 atom stereocenters. The van der Waals surface area contributed by atoms with Crippen LogP contribution in [0.4, 0.5) is 0 Å². The summed E-state index contributed by atoms with van der Waals surface area (Å²) in [6.45, 7) is 1.49. The highest BCUT2D eigenvalue weighted by Crippen LogP contribution is 2.30. The van der Waals surface area contributed by atoms with Crippen LogP contribution in [-0.2, 0) is 13.1 Å². The van der Waals surface area contributed by atoms with Crippen molar-refractivity contribution in [3.05, 3.63) is 85.8 Å². The Morgan fingerprint density at radius 2 is 1.68 bits per heavy atom. The minimum absolute atomic E-state index is 0.739. The molecule has 3 aromatic heterocycles. The molecule has 0 saturated carbocycles. The number of fused-ring (bicyclic) bond motifs is 1. The zero-order valence-corrected chi connectivity index (χ0v) is 15.2. The Morgan fingerprint density at radius 1 is 0.786 bits per heavy atom. The number of aromatic nitrogens is 6. The summed E-state index contributed by atoms with van der Waals surface area (Å²) in [4.78, 5) is 8.38. The van der Waals surface area contributed by atoms with E-state index in [0.717, 1.165) is 40.9 Å². The summed E-state index contributed by atoms with van der Waals surface area (Å²) >= 11 is 0. The number of pyridine rings is 1. The van der Waals surface area contributed by atoms with Crippen molar-refractivity contribution in [2.24, 2.45) is 0 Å². The standard InChI is InChI=1S/C22H18N6/c1-2-7-20-19(4-1)13-23-14-21(20)17-5-3-6-18(12-17)22-8-9-27(26-22)10-11-28-16-24-15-25-28/h1-9,12-16H,10-11H2. The number of rotatable bonds is 5. The van der Waals surface area contributed by atoms with Crippen LogP contribution in [0.25, 0.3) is 33.2 Å². The van der Waals surface area contributed by atoms with Crippen molar-refractivity contribution >= 4 is 10.8 Å². The SMILES string of the molecule is c1cc(-c2ccn(CCn3cncn3)n2)cc(-c2cncc3ccccc23)c1. The Labute approximate surface area is 162 Å². The smallest absolute Gasteiger partial charge is 0.137 e. The lowest BCUT2D eigenvalue weighted by Crippen LogP contribution is -2.08. The molecular weight excluding hydrogens is 348 g/mol. The van der Waals surface area contributed by atoms with E-state index >= 15 is 0 Å². The van der Waals surface area contributed by atoms with E-state index in [0.29, 0.717) is 0 Å². The number of hydrogen-bond donors (Lipinski definition) is 0. The van der Waals surface area contributed by atoms with Gasteiger partial charge in [0.05, 0.1) is 18.8 Å². The van der Waals surface area contributed by atoms with Gasteiger partial charge in [0, 0.05) is 35.1 Å². The van der Waals surface area contributed by atoms with Crippen LogP contribution in [0.2, 0.25) is 0 Å².